The summed E-state index contributed by atoms with van der Waals surface area (Å²) in [5.74, 6) is 0. The van der Waals surface area contributed by atoms with Crippen molar-refractivity contribution >= 4 is 50.3 Å². The molecule has 0 saturated heterocycles. The van der Waals surface area contributed by atoms with E-state index < -0.39 is 10.0 Å². The highest BCUT2D eigenvalue weighted by molar-refractivity contribution is 7.89. The number of nitrogens with one attached hydrogen (secondary N) is 1. The summed E-state index contributed by atoms with van der Waals surface area (Å²) >= 11 is 12.1. The van der Waals surface area contributed by atoms with Gasteiger partial charge in [0.05, 0.1) is 21.4 Å². The third-order valence-electron chi connectivity index (χ3n) is 2.55. The SMILES string of the molecule is Nc1cc(Nc2c(Cl)cccc2Cl)ccc1S(N)(=O)=O. The van der Waals surface area contributed by atoms with Gasteiger partial charge in [-0.05, 0) is 30.3 Å². The number of para-hydroxylation sites is 1. The van der Waals surface area contributed by atoms with Gasteiger partial charge in [0.1, 0.15) is 4.90 Å². The van der Waals surface area contributed by atoms with Crippen LogP contribution in [0.4, 0.5) is 17.1 Å². The van der Waals surface area contributed by atoms with E-state index in [0.717, 1.165) is 0 Å². The van der Waals surface area contributed by atoms with Crippen molar-refractivity contribution in [2.45, 2.75) is 4.90 Å². The fraction of sp³-hybridized carbons (Fsp3) is 0. The van der Waals surface area contributed by atoms with Crippen molar-refractivity contribution in [3.63, 3.8) is 0 Å². The molecule has 5 N–H and O–H groups in total. The van der Waals surface area contributed by atoms with Crippen molar-refractivity contribution in [3.05, 3.63) is 46.4 Å². The number of benzene rings is 2. The molecule has 0 aliphatic heterocycles. The quantitative estimate of drug-likeness (QED) is 0.753. The van der Waals surface area contributed by atoms with Crippen LogP contribution in [0.25, 0.3) is 0 Å². The van der Waals surface area contributed by atoms with E-state index >= 15 is 0 Å². The molecule has 20 heavy (non-hydrogen) atoms. The van der Waals surface area contributed by atoms with Crippen LogP contribution in [0.15, 0.2) is 41.3 Å². The normalized spacial score (nSPS) is 11.3. The standard InChI is InChI=1S/C12H11Cl2N3O2S/c13-8-2-1-3-9(14)12(8)17-7-4-5-11(10(15)6-7)20(16,18)19/h1-6,17H,15H2,(H2,16,18,19). The van der Waals surface area contributed by atoms with Gasteiger partial charge >= 0.3 is 0 Å². The zero-order chi connectivity index (χ0) is 14.9. The molecule has 0 radical (unpaired) electrons. The first-order valence-corrected chi connectivity index (χ1v) is 7.72. The Hall–Kier alpha value is -1.47. The number of nitrogen functional groups attached to an aromatic ring is 1. The van der Waals surface area contributed by atoms with Gasteiger partial charge in [0.25, 0.3) is 0 Å². The zero-order valence-corrected chi connectivity index (χ0v) is 12.4. The van der Waals surface area contributed by atoms with Crippen LogP contribution in [-0.4, -0.2) is 8.42 Å². The topological polar surface area (TPSA) is 98.2 Å². The molecule has 8 heteroatoms. The van der Waals surface area contributed by atoms with E-state index in [2.05, 4.69) is 5.32 Å². The smallest absolute Gasteiger partial charge is 0.240 e. The van der Waals surface area contributed by atoms with Crippen molar-refractivity contribution in [1.82, 2.24) is 0 Å². The highest BCUT2D eigenvalue weighted by Gasteiger charge is 2.13. The van der Waals surface area contributed by atoms with Crippen LogP contribution in [0, 0.1) is 0 Å². The van der Waals surface area contributed by atoms with Crippen LogP contribution in [-0.2, 0) is 10.0 Å². The Labute approximate surface area is 126 Å². The zero-order valence-electron chi connectivity index (χ0n) is 10.1. The van der Waals surface area contributed by atoms with Crippen LogP contribution >= 0.6 is 23.2 Å². The fourth-order valence-corrected chi connectivity index (χ4v) is 2.78. The molecule has 5 nitrogen and oxygen atoms in total. The van der Waals surface area contributed by atoms with E-state index in [1.807, 2.05) is 0 Å². The van der Waals surface area contributed by atoms with Crippen LogP contribution in [0.2, 0.25) is 10.0 Å². The van der Waals surface area contributed by atoms with E-state index in [9.17, 15) is 8.42 Å². The van der Waals surface area contributed by atoms with E-state index in [1.165, 1.54) is 18.2 Å². The van der Waals surface area contributed by atoms with Crippen molar-refractivity contribution in [2.24, 2.45) is 5.14 Å². The summed E-state index contributed by atoms with van der Waals surface area (Å²) in [6.07, 6.45) is 0. The van der Waals surface area contributed by atoms with Crippen molar-refractivity contribution in [3.8, 4) is 0 Å². The number of sulfonamides is 1. The molecule has 106 valence electrons. The lowest BCUT2D eigenvalue weighted by molar-refractivity contribution is 0.598. The Kier molecular flexibility index (Phi) is 4.10. The molecular formula is C12H11Cl2N3O2S. The highest BCUT2D eigenvalue weighted by Crippen LogP contribution is 2.33. The summed E-state index contributed by atoms with van der Waals surface area (Å²) in [6, 6.07) is 9.36. The van der Waals surface area contributed by atoms with Crippen LogP contribution in [0.3, 0.4) is 0 Å². The number of rotatable bonds is 3. The summed E-state index contributed by atoms with van der Waals surface area (Å²) < 4.78 is 22.5. The fourth-order valence-electron chi connectivity index (χ4n) is 1.65. The lowest BCUT2D eigenvalue weighted by Gasteiger charge is -2.12. The van der Waals surface area contributed by atoms with Crippen molar-refractivity contribution in [1.29, 1.82) is 0 Å². The molecule has 0 aromatic heterocycles. The minimum Gasteiger partial charge on any atom is -0.398 e. The van der Waals surface area contributed by atoms with Gasteiger partial charge in [0.15, 0.2) is 0 Å². The minimum absolute atomic E-state index is 0.0423. The summed E-state index contributed by atoms with van der Waals surface area (Å²) in [5.41, 5.74) is 6.77. The molecule has 0 aliphatic rings. The summed E-state index contributed by atoms with van der Waals surface area (Å²) in [7, 11) is -3.84. The molecule has 0 atom stereocenters. The predicted molar refractivity (Wildman–Crippen MR) is 82.0 cm³/mol. The van der Waals surface area contributed by atoms with Crippen LogP contribution in [0.5, 0.6) is 0 Å². The van der Waals surface area contributed by atoms with Gasteiger partial charge in [-0.25, -0.2) is 13.6 Å². The first-order valence-electron chi connectivity index (χ1n) is 5.42. The lowest BCUT2D eigenvalue weighted by atomic mass is 10.2. The first kappa shape index (κ1) is 14.9. The average molecular weight is 332 g/mol. The predicted octanol–water partition coefficient (Wildman–Crippen LogP) is 2.97. The van der Waals surface area contributed by atoms with Gasteiger partial charge < -0.3 is 11.1 Å². The second-order valence-corrected chi connectivity index (χ2v) is 6.36. The largest absolute Gasteiger partial charge is 0.398 e. The molecule has 0 fully saturated rings. The van der Waals surface area contributed by atoms with Gasteiger partial charge in [0.2, 0.25) is 10.0 Å². The molecule has 0 unspecified atom stereocenters. The Balaban J connectivity index is 2.39. The number of halogens is 2. The second kappa shape index (κ2) is 5.49. The number of nitrogens with two attached hydrogens (primary N) is 2. The number of primary sulfonamides is 1. The molecule has 0 spiro atoms. The van der Waals surface area contributed by atoms with Crippen molar-refractivity contribution in [2.75, 3.05) is 11.1 Å². The monoisotopic (exact) mass is 331 g/mol. The van der Waals surface area contributed by atoms with Gasteiger partial charge in [-0.2, -0.15) is 0 Å². The summed E-state index contributed by atoms with van der Waals surface area (Å²) in [6.45, 7) is 0. The molecule has 0 bridgehead atoms. The molecule has 0 heterocycles. The molecule has 0 amide bonds. The van der Waals surface area contributed by atoms with Crippen LogP contribution in [0.1, 0.15) is 0 Å². The van der Waals surface area contributed by atoms with E-state index in [-0.39, 0.29) is 10.6 Å². The number of hydrogen-bond acceptors (Lipinski definition) is 4. The Morgan fingerprint density at radius 3 is 2.15 bits per heavy atom. The number of hydrogen-bond donors (Lipinski definition) is 3. The van der Waals surface area contributed by atoms with E-state index in [1.54, 1.807) is 18.2 Å². The second-order valence-electron chi connectivity index (χ2n) is 4.02. The molecule has 0 aliphatic carbocycles. The Morgan fingerprint density at radius 2 is 1.65 bits per heavy atom. The maximum absolute atomic E-state index is 11.3. The van der Waals surface area contributed by atoms with Gasteiger partial charge in [-0.1, -0.05) is 29.3 Å². The molecule has 2 rings (SSSR count). The maximum Gasteiger partial charge on any atom is 0.240 e. The summed E-state index contributed by atoms with van der Waals surface area (Å²) in [5, 5.41) is 8.89. The maximum atomic E-state index is 11.3. The molecule has 2 aromatic rings. The van der Waals surface area contributed by atoms with Gasteiger partial charge in [-0.15, -0.1) is 0 Å². The van der Waals surface area contributed by atoms with Crippen LogP contribution < -0.4 is 16.2 Å². The Bertz CT molecular complexity index is 743. The highest BCUT2D eigenvalue weighted by atomic mass is 35.5. The molecular weight excluding hydrogens is 321 g/mol. The van der Waals surface area contributed by atoms with Gasteiger partial charge in [0, 0.05) is 5.69 Å². The van der Waals surface area contributed by atoms with Crippen molar-refractivity contribution < 1.29 is 8.42 Å². The average Bonchev–Trinajstić information content (AvgIpc) is 2.32. The molecule has 0 saturated carbocycles. The van der Waals surface area contributed by atoms with E-state index in [4.69, 9.17) is 34.1 Å². The number of anilines is 3. The molecule has 2 aromatic carbocycles. The van der Waals surface area contributed by atoms with Gasteiger partial charge in [-0.3, -0.25) is 0 Å². The summed E-state index contributed by atoms with van der Waals surface area (Å²) in [4.78, 5) is -0.131. The van der Waals surface area contributed by atoms with E-state index in [0.29, 0.717) is 21.4 Å². The minimum atomic E-state index is -3.84. The Morgan fingerprint density at radius 1 is 1.05 bits per heavy atom. The third kappa shape index (κ3) is 3.16. The third-order valence-corrected chi connectivity index (χ3v) is 4.16. The first-order chi connectivity index (χ1) is 9.29. The lowest BCUT2D eigenvalue weighted by Crippen LogP contribution is -2.14.